The van der Waals surface area contributed by atoms with Crippen molar-refractivity contribution in [2.75, 3.05) is 14.2 Å². The van der Waals surface area contributed by atoms with E-state index in [0.29, 0.717) is 11.3 Å². The van der Waals surface area contributed by atoms with E-state index in [2.05, 4.69) is 32.3 Å². The highest BCUT2D eigenvalue weighted by molar-refractivity contribution is 14.1. The van der Waals surface area contributed by atoms with Crippen molar-refractivity contribution in [3.8, 4) is 5.75 Å². The third-order valence-corrected chi connectivity index (χ3v) is 3.77. The lowest BCUT2D eigenvalue weighted by atomic mass is 10.2. The van der Waals surface area contributed by atoms with Gasteiger partial charge in [-0.1, -0.05) is 0 Å². The second-order valence-electron chi connectivity index (χ2n) is 2.98. The van der Waals surface area contributed by atoms with Gasteiger partial charge in [0.25, 0.3) is 0 Å². The Balaban J connectivity index is 2.67. The zero-order valence-electron chi connectivity index (χ0n) is 8.61. The maximum atomic E-state index is 11.4. The third kappa shape index (κ3) is 1.99. The number of carbonyl (C=O) groups excluding carboxylic acids is 1. The molecular weight excluding hydrogens is 341 g/mol. The molecule has 2 aromatic rings. The first-order valence-electron chi connectivity index (χ1n) is 4.38. The van der Waals surface area contributed by atoms with E-state index < -0.39 is 0 Å². The molecule has 0 unspecified atom stereocenters. The number of methoxy groups -OCH3 is 2. The molecule has 0 saturated carbocycles. The minimum Gasteiger partial charge on any atom is -0.494 e. The lowest BCUT2D eigenvalue weighted by Gasteiger charge is -2.03. The van der Waals surface area contributed by atoms with E-state index in [1.54, 1.807) is 19.2 Å². The molecule has 2 rings (SSSR count). The standard InChI is InChI=1S/C10H8INO3S/c1-14-6-3-5(9(13)15-2)4-7-8(6)12-10(11)16-7/h3-4H,1-2H3. The lowest BCUT2D eigenvalue weighted by molar-refractivity contribution is 0.0600. The van der Waals surface area contributed by atoms with Crippen LogP contribution < -0.4 is 4.74 Å². The molecule has 0 fully saturated rings. The number of aromatic nitrogens is 1. The van der Waals surface area contributed by atoms with E-state index in [9.17, 15) is 4.79 Å². The van der Waals surface area contributed by atoms with Gasteiger partial charge in [-0.3, -0.25) is 0 Å². The monoisotopic (exact) mass is 349 g/mol. The van der Waals surface area contributed by atoms with Gasteiger partial charge in [0.2, 0.25) is 0 Å². The second kappa shape index (κ2) is 4.54. The minimum atomic E-state index is -0.372. The van der Waals surface area contributed by atoms with Gasteiger partial charge in [-0.25, -0.2) is 9.78 Å². The molecule has 0 aliphatic carbocycles. The van der Waals surface area contributed by atoms with Crippen LogP contribution in [-0.2, 0) is 4.74 Å². The van der Waals surface area contributed by atoms with Crippen molar-refractivity contribution in [1.29, 1.82) is 0 Å². The fourth-order valence-corrected chi connectivity index (χ4v) is 3.06. The summed E-state index contributed by atoms with van der Waals surface area (Å²) in [5.74, 6) is 0.223. The first-order valence-corrected chi connectivity index (χ1v) is 6.27. The van der Waals surface area contributed by atoms with E-state index in [0.717, 1.165) is 13.2 Å². The highest BCUT2D eigenvalue weighted by Gasteiger charge is 2.14. The number of carbonyl (C=O) groups is 1. The Morgan fingerprint density at radius 2 is 2.19 bits per heavy atom. The molecular formula is C10H8INO3S. The Kier molecular flexibility index (Phi) is 3.29. The second-order valence-corrected chi connectivity index (χ2v) is 5.77. The third-order valence-electron chi connectivity index (χ3n) is 2.07. The number of hydrogen-bond acceptors (Lipinski definition) is 5. The SMILES string of the molecule is COC(=O)c1cc(OC)c2nc(I)sc2c1. The van der Waals surface area contributed by atoms with Crippen molar-refractivity contribution in [2.24, 2.45) is 0 Å². The van der Waals surface area contributed by atoms with Crippen molar-refractivity contribution in [3.63, 3.8) is 0 Å². The Morgan fingerprint density at radius 1 is 1.44 bits per heavy atom. The molecule has 0 spiro atoms. The van der Waals surface area contributed by atoms with Crippen LogP contribution >= 0.6 is 33.9 Å². The van der Waals surface area contributed by atoms with E-state index in [4.69, 9.17) is 4.74 Å². The number of fused-ring (bicyclic) bond motifs is 1. The van der Waals surface area contributed by atoms with Gasteiger partial charge in [-0.2, -0.15) is 0 Å². The average Bonchev–Trinajstić information content (AvgIpc) is 2.66. The van der Waals surface area contributed by atoms with E-state index >= 15 is 0 Å². The molecule has 6 heteroatoms. The van der Waals surface area contributed by atoms with E-state index in [1.807, 2.05) is 0 Å². The van der Waals surface area contributed by atoms with Gasteiger partial charge >= 0.3 is 5.97 Å². The van der Waals surface area contributed by atoms with Gasteiger partial charge in [0.05, 0.1) is 24.5 Å². The van der Waals surface area contributed by atoms with Crippen LogP contribution in [0, 0.1) is 3.01 Å². The largest absolute Gasteiger partial charge is 0.494 e. The van der Waals surface area contributed by atoms with E-state index in [1.165, 1.54) is 18.4 Å². The molecule has 1 aromatic carbocycles. The van der Waals surface area contributed by atoms with Crippen LogP contribution in [0.5, 0.6) is 5.75 Å². The Labute approximate surface area is 110 Å². The molecule has 16 heavy (non-hydrogen) atoms. The van der Waals surface area contributed by atoms with Crippen molar-refractivity contribution in [3.05, 3.63) is 20.7 Å². The van der Waals surface area contributed by atoms with Crippen LogP contribution in [0.4, 0.5) is 0 Å². The number of halogens is 1. The van der Waals surface area contributed by atoms with Crippen LogP contribution in [0.2, 0.25) is 0 Å². The summed E-state index contributed by atoms with van der Waals surface area (Å²) in [4.78, 5) is 15.8. The molecule has 0 N–H and O–H groups in total. The molecule has 0 saturated heterocycles. The molecule has 0 aliphatic heterocycles. The zero-order chi connectivity index (χ0) is 11.7. The maximum Gasteiger partial charge on any atom is 0.338 e. The Morgan fingerprint density at radius 3 is 2.81 bits per heavy atom. The van der Waals surface area contributed by atoms with Crippen LogP contribution in [0.25, 0.3) is 10.2 Å². The highest BCUT2D eigenvalue weighted by Crippen LogP contribution is 2.32. The number of esters is 1. The lowest BCUT2D eigenvalue weighted by Crippen LogP contribution is -2.01. The van der Waals surface area contributed by atoms with Crippen molar-refractivity contribution < 1.29 is 14.3 Å². The number of ether oxygens (including phenoxy) is 2. The van der Waals surface area contributed by atoms with Gasteiger partial charge in [-0.05, 0) is 34.7 Å². The van der Waals surface area contributed by atoms with Crippen LogP contribution in [0.15, 0.2) is 12.1 Å². The van der Waals surface area contributed by atoms with Gasteiger partial charge in [-0.15, -0.1) is 11.3 Å². The van der Waals surface area contributed by atoms with Crippen LogP contribution in [-0.4, -0.2) is 25.2 Å². The maximum absolute atomic E-state index is 11.4. The van der Waals surface area contributed by atoms with E-state index in [-0.39, 0.29) is 5.97 Å². The molecule has 0 amide bonds. The van der Waals surface area contributed by atoms with Gasteiger partial charge in [0, 0.05) is 0 Å². The number of thiazole rings is 1. The first-order chi connectivity index (χ1) is 7.65. The molecule has 0 radical (unpaired) electrons. The predicted molar refractivity (Wildman–Crippen MR) is 70.2 cm³/mol. The summed E-state index contributed by atoms with van der Waals surface area (Å²) in [6.07, 6.45) is 0. The number of benzene rings is 1. The van der Waals surface area contributed by atoms with Crippen LogP contribution in [0.3, 0.4) is 0 Å². The number of hydrogen-bond donors (Lipinski definition) is 0. The fourth-order valence-electron chi connectivity index (χ4n) is 1.36. The van der Waals surface area contributed by atoms with Gasteiger partial charge in [0.15, 0.2) is 3.01 Å². The molecule has 84 valence electrons. The molecule has 0 bridgehead atoms. The zero-order valence-corrected chi connectivity index (χ0v) is 11.6. The molecule has 1 aromatic heterocycles. The van der Waals surface area contributed by atoms with Gasteiger partial charge in [0.1, 0.15) is 11.3 Å². The summed E-state index contributed by atoms with van der Waals surface area (Å²) in [6.45, 7) is 0. The summed E-state index contributed by atoms with van der Waals surface area (Å²) in [5, 5.41) is 0. The fraction of sp³-hybridized carbons (Fsp3) is 0.200. The van der Waals surface area contributed by atoms with Gasteiger partial charge < -0.3 is 9.47 Å². The Hall–Kier alpha value is -0.890. The Bertz CT molecular complexity index is 552. The molecule has 0 atom stereocenters. The van der Waals surface area contributed by atoms with Crippen molar-refractivity contribution >= 4 is 50.1 Å². The highest BCUT2D eigenvalue weighted by atomic mass is 127. The normalized spacial score (nSPS) is 10.4. The topological polar surface area (TPSA) is 48.4 Å². The molecule has 0 aliphatic rings. The summed E-state index contributed by atoms with van der Waals surface area (Å²) < 4.78 is 11.7. The average molecular weight is 349 g/mol. The number of rotatable bonds is 2. The number of nitrogens with zero attached hydrogens (tertiary/aromatic N) is 1. The minimum absolute atomic E-state index is 0.372. The summed E-state index contributed by atoms with van der Waals surface area (Å²) in [7, 11) is 2.91. The predicted octanol–water partition coefficient (Wildman–Crippen LogP) is 2.70. The quantitative estimate of drug-likeness (QED) is 0.618. The van der Waals surface area contributed by atoms with Crippen molar-refractivity contribution in [2.45, 2.75) is 0 Å². The van der Waals surface area contributed by atoms with Crippen LogP contribution in [0.1, 0.15) is 10.4 Å². The summed E-state index contributed by atoms with van der Waals surface area (Å²) >= 11 is 3.65. The molecule has 1 heterocycles. The first kappa shape index (κ1) is 11.6. The van der Waals surface area contributed by atoms with Crippen molar-refractivity contribution in [1.82, 2.24) is 4.98 Å². The molecule has 4 nitrogen and oxygen atoms in total. The smallest absolute Gasteiger partial charge is 0.338 e. The summed E-state index contributed by atoms with van der Waals surface area (Å²) in [6, 6.07) is 3.41. The summed E-state index contributed by atoms with van der Waals surface area (Å²) in [5.41, 5.74) is 1.26.